The number of ether oxygens (including phenoxy) is 1. The molecule has 1 saturated heterocycles. The molecule has 29 heavy (non-hydrogen) atoms. The molecule has 2 heterocycles. The first kappa shape index (κ1) is 19.6. The summed E-state index contributed by atoms with van der Waals surface area (Å²) >= 11 is 6.13. The maximum absolute atomic E-state index is 12.9. The van der Waals surface area contributed by atoms with E-state index < -0.39 is 15.9 Å². The van der Waals surface area contributed by atoms with Crippen LogP contribution in [0.1, 0.15) is 10.4 Å². The number of nitrogens with zero attached hydrogens (tertiary/aromatic N) is 1. The van der Waals surface area contributed by atoms with Crippen LogP contribution in [-0.4, -0.2) is 54.9 Å². The number of anilines is 1. The Morgan fingerprint density at radius 2 is 1.79 bits per heavy atom. The van der Waals surface area contributed by atoms with Crippen LogP contribution in [0.4, 0.5) is 5.69 Å². The molecular weight excluding hydrogens is 420 g/mol. The number of hydrogen-bond acceptors (Lipinski definition) is 5. The molecule has 4 rings (SSSR count). The number of carbonyl (C=O) groups excluding carboxylic acids is 1. The average Bonchev–Trinajstić information content (AvgIpc) is 3.08. The predicted molar refractivity (Wildman–Crippen MR) is 108 cm³/mol. The number of H-pyrrole nitrogens is 2. The van der Waals surface area contributed by atoms with Crippen LogP contribution in [0.2, 0.25) is 5.02 Å². The van der Waals surface area contributed by atoms with Crippen LogP contribution in [0.15, 0.2) is 46.1 Å². The van der Waals surface area contributed by atoms with E-state index in [9.17, 15) is 18.0 Å². The standard InChI is InChI=1S/C18H17ClN4O5S/c19-13-3-1-11(9-16(13)29(26,27)23-5-7-28-8-6-23)17(24)20-12-2-4-14-15(10-12)22-18(25)21-14/h1-4,9-10H,5-8H2,(H,20,24)(H2,21,22,25). The zero-order valence-corrected chi connectivity index (χ0v) is 16.6. The summed E-state index contributed by atoms with van der Waals surface area (Å²) in [6.07, 6.45) is 0. The lowest BCUT2D eigenvalue weighted by molar-refractivity contribution is 0.0730. The Bertz CT molecular complexity index is 1240. The number of imidazole rings is 1. The van der Waals surface area contributed by atoms with Crippen molar-refractivity contribution in [3.8, 4) is 0 Å². The van der Waals surface area contributed by atoms with E-state index >= 15 is 0 Å². The molecule has 0 atom stereocenters. The van der Waals surface area contributed by atoms with Crippen LogP contribution in [-0.2, 0) is 14.8 Å². The van der Waals surface area contributed by atoms with Crippen LogP contribution in [0.3, 0.4) is 0 Å². The molecule has 1 aromatic heterocycles. The van der Waals surface area contributed by atoms with Crippen molar-refractivity contribution in [2.75, 3.05) is 31.6 Å². The third-order valence-corrected chi connectivity index (χ3v) is 6.94. The number of hydrogen-bond donors (Lipinski definition) is 3. The maximum atomic E-state index is 12.9. The monoisotopic (exact) mass is 436 g/mol. The van der Waals surface area contributed by atoms with Gasteiger partial charge in [-0.1, -0.05) is 11.6 Å². The van der Waals surface area contributed by atoms with Crippen molar-refractivity contribution in [2.45, 2.75) is 4.90 Å². The van der Waals surface area contributed by atoms with Gasteiger partial charge >= 0.3 is 5.69 Å². The maximum Gasteiger partial charge on any atom is 0.323 e. The number of fused-ring (bicyclic) bond motifs is 1. The third-order valence-electron chi connectivity index (χ3n) is 4.56. The molecule has 2 aromatic carbocycles. The minimum atomic E-state index is -3.85. The zero-order valence-electron chi connectivity index (χ0n) is 15.1. The van der Waals surface area contributed by atoms with Crippen molar-refractivity contribution in [1.29, 1.82) is 0 Å². The minimum Gasteiger partial charge on any atom is -0.379 e. The van der Waals surface area contributed by atoms with Gasteiger partial charge in [-0.25, -0.2) is 13.2 Å². The normalized spacial score (nSPS) is 15.5. The molecule has 1 aliphatic rings. The Morgan fingerprint density at radius 3 is 2.55 bits per heavy atom. The summed E-state index contributed by atoms with van der Waals surface area (Å²) in [6, 6.07) is 8.99. The number of benzene rings is 2. The summed E-state index contributed by atoms with van der Waals surface area (Å²) in [5.74, 6) is -0.502. The predicted octanol–water partition coefficient (Wildman–Crippen LogP) is 1.78. The molecule has 0 bridgehead atoms. The summed E-state index contributed by atoms with van der Waals surface area (Å²) in [5.41, 5.74) is 1.39. The number of carbonyl (C=O) groups is 1. The molecule has 3 N–H and O–H groups in total. The number of aromatic nitrogens is 2. The Labute approximate surface area is 170 Å². The van der Waals surface area contributed by atoms with E-state index in [1.165, 1.54) is 22.5 Å². The SMILES string of the molecule is O=C(Nc1ccc2[nH]c(=O)[nH]c2c1)c1ccc(Cl)c(S(=O)(=O)N2CCOCC2)c1. The molecule has 0 aliphatic carbocycles. The van der Waals surface area contributed by atoms with Crippen LogP contribution >= 0.6 is 11.6 Å². The first-order valence-electron chi connectivity index (χ1n) is 8.75. The molecule has 0 radical (unpaired) electrons. The molecule has 9 nitrogen and oxygen atoms in total. The topological polar surface area (TPSA) is 124 Å². The van der Waals surface area contributed by atoms with Gasteiger partial charge in [0.1, 0.15) is 4.90 Å². The smallest absolute Gasteiger partial charge is 0.323 e. The lowest BCUT2D eigenvalue weighted by Crippen LogP contribution is -2.40. The van der Waals surface area contributed by atoms with Gasteiger partial charge in [-0.3, -0.25) is 4.79 Å². The summed E-state index contributed by atoms with van der Waals surface area (Å²) < 4.78 is 32.3. The quantitative estimate of drug-likeness (QED) is 0.575. The molecule has 0 saturated carbocycles. The number of amides is 1. The van der Waals surface area contributed by atoms with E-state index in [2.05, 4.69) is 15.3 Å². The number of aromatic amines is 2. The van der Waals surface area contributed by atoms with Crippen LogP contribution in [0.25, 0.3) is 11.0 Å². The lowest BCUT2D eigenvalue weighted by Gasteiger charge is -2.26. The third kappa shape index (κ3) is 3.92. The molecule has 152 valence electrons. The second-order valence-corrected chi connectivity index (χ2v) is 8.77. The molecule has 0 unspecified atom stereocenters. The molecule has 11 heteroatoms. The Balaban J connectivity index is 1.61. The summed E-state index contributed by atoms with van der Waals surface area (Å²) in [6.45, 7) is 1.06. The molecule has 1 amide bonds. The van der Waals surface area contributed by atoms with Crippen molar-refractivity contribution < 1.29 is 17.9 Å². The number of halogens is 1. The Kier molecular flexibility index (Phi) is 5.17. The fraction of sp³-hybridized carbons (Fsp3) is 0.222. The van der Waals surface area contributed by atoms with Gasteiger partial charge in [0.25, 0.3) is 5.91 Å². The van der Waals surface area contributed by atoms with Gasteiger partial charge in [-0.2, -0.15) is 4.31 Å². The van der Waals surface area contributed by atoms with Gasteiger partial charge in [-0.15, -0.1) is 0 Å². The zero-order chi connectivity index (χ0) is 20.6. The fourth-order valence-corrected chi connectivity index (χ4v) is 4.99. The fourth-order valence-electron chi connectivity index (χ4n) is 3.08. The summed E-state index contributed by atoms with van der Waals surface area (Å²) in [4.78, 5) is 29.1. The van der Waals surface area contributed by atoms with Crippen LogP contribution in [0, 0.1) is 0 Å². The Morgan fingerprint density at radius 1 is 1.07 bits per heavy atom. The van der Waals surface area contributed by atoms with Crippen molar-refractivity contribution in [3.05, 3.63) is 57.5 Å². The number of nitrogens with one attached hydrogen (secondary N) is 3. The highest BCUT2D eigenvalue weighted by Gasteiger charge is 2.29. The van der Waals surface area contributed by atoms with Crippen molar-refractivity contribution in [1.82, 2.24) is 14.3 Å². The summed E-state index contributed by atoms with van der Waals surface area (Å²) in [7, 11) is -3.85. The first-order valence-corrected chi connectivity index (χ1v) is 10.6. The number of sulfonamides is 1. The van der Waals surface area contributed by atoms with E-state index in [1.807, 2.05) is 0 Å². The van der Waals surface area contributed by atoms with Crippen molar-refractivity contribution >= 4 is 44.3 Å². The minimum absolute atomic E-state index is 0.0411. The van der Waals surface area contributed by atoms with E-state index in [0.29, 0.717) is 29.9 Å². The van der Waals surface area contributed by atoms with Gasteiger partial charge in [0.2, 0.25) is 10.0 Å². The van der Waals surface area contributed by atoms with Crippen molar-refractivity contribution in [3.63, 3.8) is 0 Å². The van der Waals surface area contributed by atoms with Gasteiger partial charge in [0.05, 0.1) is 29.3 Å². The van der Waals surface area contributed by atoms with Crippen LogP contribution in [0.5, 0.6) is 0 Å². The molecule has 1 aliphatic heterocycles. The average molecular weight is 437 g/mol. The first-order chi connectivity index (χ1) is 13.8. The number of rotatable bonds is 4. The molecule has 0 spiro atoms. The molecular formula is C18H17ClN4O5S. The summed E-state index contributed by atoms with van der Waals surface area (Å²) in [5, 5.41) is 2.73. The van der Waals surface area contributed by atoms with E-state index in [0.717, 1.165) is 0 Å². The molecule has 3 aromatic rings. The van der Waals surface area contributed by atoms with E-state index in [1.54, 1.807) is 18.2 Å². The highest BCUT2D eigenvalue weighted by Crippen LogP contribution is 2.27. The molecule has 1 fully saturated rings. The largest absolute Gasteiger partial charge is 0.379 e. The lowest BCUT2D eigenvalue weighted by atomic mass is 10.2. The second-order valence-electron chi connectivity index (χ2n) is 6.46. The van der Waals surface area contributed by atoms with E-state index in [-0.39, 0.29) is 34.3 Å². The van der Waals surface area contributed by atoms with Gasteiger partial charge in [0.15, 0.2) is 0 Å². The Hall–Kier alpha value is -2.66. The highest BCUT2D eigenvalue weighted by atomic mass is 35.5. The van der Waals surface area contributed by atoms with Crippen molar-refractivity contribution in [2.24, 2.45) is 0 Å². The van der Waals surface area contributed by atoms with Gasteiger partial charge in [0, 0.05) is 24.3 Å². The van der Waals surface area contributed by atoms with Gasteiger partial charge in [-0.05, 0) is 36.4 Å². The highest BCUT2D eigenvalue weighted by molar-refractivity contribution is 7.89. The van der Waals surface area contributed by atoms with Crippen LogP contribution < -0.4 is 11.0 Å². The number of morpholine rings is 1. The second kappa shape index (κ2) is 7.64. The van der Waals surface area contributed by atoms with Gasteiger partial charge < -0.3 is 20.0 Å². The van der Waals surface area contributed by atoms with E-state index in [4.69, 9.17) is 16.3 Å².